The first-order valence-electron chi connectivity index (χ1n) is 9.39. The number of pyridine rings is 1. The molecular formula is C22H17Cl2FN2O6. The highest BCUT2D eigenvalue weighted by Gasteiger charge is 2.24. The molecule has 0 aliphatic carbocycles. The van der Waals surface area contributed by atoms with Crippen LogP contribution < -0.4 is 9.47 Å². The zero-order valence-electron chi connectivity index (χ0n) is 17.4. The minimum absolute atomic E-state index is 0.0663. The number of hydrogen-bond donors (Lipinski definition) is 0. The fraction of sp³-hybridized carbons (Fsp3) is 0.182. The van der Waals surface area contributed by atoms with Crippen molar-refractivity contribution in [2.75, 3.05) is 14.2 Å². The molecule has 0 aliphatic heterocycles. The average Bonchev–Trinajstić information content (AvgIpc) is 2.79. The van der Waals surface area contributed by atoms with Crippen LogP contribution in [0.2, 0.25) is 10.0 Å². The van der Waals surface area contributed by atoms with Crippen LogP contribution in [0.25, 0.3) is 0 Å². The summed E-state index contributed by atoms with van der Waals surface area (Å²) < 4.78 is 30.3. The molecule has 2 aromatic carbocycles. The monoisotopic (exact) mass is 494 g/mol. The Morgan fingerprint density at radius 1 is 1.09 bits per heavy atom. The van der Waals surface area contributed by atoms with Gasteiger partial charge < -0.3 is 14.2 Å². The number of methoxy groups -OCH3 is 2. The van der Waals surface area contributed by atoms with E-state index in [1.165, 1.54) is 26.6 Å². The maximum atomic E-state index is 14.0. The molecule has 0 radical (unpaired) electrons. The summed E-state index contributed by atoms with van der Waals surface area (Å²) >= 11 is 12.5. The van der Waals surface area contributed by atoms with E-state index in [0.717, 1.165) is 18.2 Å². The molecule has 1 heterocycles. The van der Waals surface area contributed by atoms with Gasteiger partial charge in [-0.15, -0.1) is 0 Å². The van der Waals surface area contributed by atoms with Crippen LogP contribution in [0, 0.1) is 15.9 Å². The van der Waals surface area contributed by atoms with Gasteiger partial charge >= 0.3 is 11.7 Å². The average molecular weight is 495 g/mol. The van der Waals surface area contributed by atoms with E-state index in [-0.39, 0.29) is 22.0 Å². The molecule has 3 aromatic rings. The molecule has 33 heavy (non-hydrogen) atoms. The SMILES string of the molecule is COc1ccc([C@H](Cc2c(Cl)cncc2Cl)OC(=O)c2ccc([N+](=O)[O-])c(F)c2)cc1OC. The molecule has 0 unspecified atom stereocenters. The third kappa shape index (κ3) is 5.50. The number of nitro groups is 1. The normalized spacial score (nSPS) is 11.5. The van der Waals surface area contributed by atoms with Gasteiger partial charge in [0.1, 0.15) is 6.10 Å². The number of ether oxygens (including phenoxy) is 3. The molecule has 0 amide bonds. The highest BCUT2D eigenvalue weighted by molar-refractivity contribution is 6.35. The first kappa shape index (κ1) is 24.2. The number of hydrogen-bond acceptors (Lipinski definition) is 7. The molecule has 0 N–H and O–H groups in total. The predicted molar refractivity (Wildman–Crippen MR) is 119 cm³/mol. The lowest BCUT2D eigenvalue weighted by Gasteiger charge is -2.21. The number of benzene rings is 2. The van der Waals surface area contributed by atoms with E-state index < -0.39 is 28.5 Å². The third-order valence-corrected chi connectivity index (χ3v) is 5.40. The van der Waals surface area contributed by atoms with Crippen LogP contribution >= 0.6 is 23.2 Å². The van der Waals surface area contributed by atoms with Gasteiger partial charge in [-0.1, -0.05) is 29.3 Å². The Hall–Kier alpha value is -3.43. The van der Waals surface area contributed by atoms with Crippen molar-refractivity contribution in [3.8, 4) is 11.5 Å². The van der Waals surface area contributed by atoms with E-state index >= 15 is 0 Å². The van der Waals surface area contributed by atoms with Crippen molar-refractivity contribution in [1.29, 1.82) is 0 Å². The summed E-state index contributed by atoms with van der Waals surface area (Å²) in [7, 11) is 2.94. The van der Waals surface area contributed by atoms with Crippen molar-refractivity contribution >= 4 is 34.9 Å². The Morgan fingerprint density at radius 2 is 1.76 bits per heavy atom. The van der Waals surface area contributed by atoms with Crippen molar-refractivity contribution < 1.29 is 28.3 Å². The topological polar surface area (TPSA) is 101 Å². The fourth-order valence-corrected chi connectivity index (χ4v) is 3.60. The smallest absolute Gasteiger partial charge is 0.338 e. The molecule has 0 saturated carbocycles. The number of aromatic nitrogens is 1. The summed E-state index contributed by atoms with van der Waals surface area (Å²) in [6.45, 7) is 0. The molecule has 0 bridgehead atoms. The van der Waals surface area contributed by atoms with Crippen LogP contribution in [0.5, 0.6) is 11.5 Å². The van der Waals surface area contributed by atoms with E-state index in [4.69, 9.17) is 37.4 Å². The largest absolute Gasteiger partial charge is 0.493 e. The van der Waals surface area contributed by atoms with Crippen molar-refractivity contribution in [2.24, 2.45) is 0 Å². The second-order valence-corrected chi connectivity index (χ2v) is 7.53. The lowest BCUT2D eigenvalue weighted by molar-refractivity contribution is -0.387. The first-order chi connectivity index (χ1) is 15.7. The summed E-state index contributed by atoms with van der Waals surface area (Å²) in [5.41, 5.74) is 0.0527. The van der Waals surface area contributed by atoms with E-state index in [9.17, 15) is 19.3 Å². The van der Waals surface area contributed by atoms with E-state index in [0.29, 0.717) is 22.6 Å². The molecule has 0 spiro atoms. The van der Waals surface area contributed by atoms with Gasteiger partial charge in [0.05, 0.1) is 34.8 Å². The molecule has 1 aromatic heterocycles. The summed E-state index contributed by atoms with van der Waals surface area (Å²) in [5, 5.41) is 11.4. The maximum Gasteiger partial charge on any atom is 0.338 e. The zero-order chi connectivity index (χ0) is 24.1. The van der Waals surface area contributed by atoms with E-state index in [1.807, 2.05) is 0 Å². The minimum Gasteiger partial charge on any atom is -0.493 e. The van der Waals surface area contributed by atoms with Crippen LogP contribution in [0.3, 0.4) is 0 Å². The quantitative estimate of drug-likeness (QED) is 0.228. The number of halogens is 3. The van der Waals surface area contributed by atoms with Gasteiger partial charge in [0.25, 0.3) is 0 Å². The molecule has 11 heteroatoms. The molecule has 0 fully saturated rings. The second kappa shape index (κ2) is 10.5. The minimum atomic E-state index is -1.16. The molecule has 0 aliphatic rings. The van der Waals surface area contributed by atoms with Crippen LogP contribution in [0.4, 0.5) is 10.1 Å². The number of esters is 1. The Morgan fingerprint density at radius 3 is 2.33 bits per heavy atom. The van der Waals surface area contributed by atoms with Crippen LogP contribution in [-0.4, -0.2) is 30.1 Å². The lowest BCUT2D eigenvalue weighted by Crippen LogP contribution is -2.15. The van der Waals surface area contributed by atoms with Gasteiger partial charge in [0, 0.05) is 24.9 Å². The zero-order valence-corrected chi connectivity index (χ0v) is 18.9. The molecule has 8 nitrogen and oxygen atoms in total. The fourth-order valence-electron chi connectivity index (χ4n) is 3.08. The Kier molecular flexibility index (Phi) is 7.67. The highest BCUT2D eigenvalue weighted by atomic mass is 35.5. The van der Waals surface area contributed by atoms with Gasteiger partial charge in [-0.25, -0.2) is 4.79 Å². The Labute approximate surface area is 198 Å². The van der Waals surface area contributed by atoms with E-state index in [1.54, 1.807) is 18.2 Å². The number of nitrogens with zero attached hydrogens (tertiary/aromatic N) is 2. The molecule has 172 valence electrons. The first-order valence-corrected chi connectivity index (χ1v) is 10.2. The lowest BCUT2D eigenvalue weighted by atomic mass is 10.0. The predicted octanol–water partition coefficient (Wildman–Crippen LogP) is 5.59. The van der Waals surface area contributed by atoms with Crippen LogP contribution in [0.1, 0.15) is 27.6 Å². The number of carbonyl (C=O) groups excluding carboxylic acids is 1. The summed E-state index contributed by atoms with van der Waals surface area (Å²) in [6, 6.07) is 7.68. The van der Waals surface area contributed by atoms with Gasteiger partial charge in [0.2, 0.25) is 5.82 Å². The summed E-state index contributed by atoms with van der Waals surface area (Å²) in [5.74, 6) is -1.20. The Bertz CT molecular complexity index is 1190. The molecule has 1 atom stereocenters. The molecular weight excluding hydrogens is 478 g/mol. The van der Waals surface area contributed by atoms with Gasteiger partial charge in [-0.2, -0.15) is 4.39 Å². The van der Waals surface area contributed by atoms with Gasteiger partial charge in [0.15, 0.2) is 11.5 Å². The standard InChI is InChI=1S/C22H17Cl2FN2O6/c1-31-19-6-4-12(8-21(19)32-2)20(9-14-15(23)10-26-11-16(14)24)33-22(28)13-3-5-18(27(29)30)17(25)7-13/h3-8,10-11,20H,9H2,1-2H3/t20-/m0/s1. The number of carbonyl (C=O) groups is 1. The number of rotatable bonds is 8. The highest BCUT2D eigenvalue weighted by Crippen LogP contribution is 2.35. The van der Waals surface area contributed by atoms with Crippen molar-refractivity contribution in [1.82, 2.24) is 4.98 Å². The number of nitro benzene ring substituents is 1. The molecule has 3 rings (SSSR count). The third-order valence-electron chi connectivity index (χ3n) is 4.75. The Balaban J connectivity index is 1.99. The van der Waals surface area contributed by atoms with Gasteiger partial charge in [-0.3, -0.25) is 15.1 Å². The maximum absolute atomic E-state index is 14.0. The van der Waals surface area contributed by atoms with Crippen LogP contribution in [0.15, 0.2) is 48.8 Å². The van der Waals surface area contributed by atoms with Crippen LogP contribution in [-0.2, 0) is 11.2 Å². The van der Waals surface area contributed by atoms with Crippen molar-refractivity contribution in [3.63, 3.8) is 0 Å². The van der Waals surface area contributed by atoms with E-state index in [2.05, 4.69) is 4.98 Å². The van der Waals surface area contributed by atoms with Crippen molar-refractivity contribution in [3.05, 3.63) is 91.5 Å². The summed E-state index contributed by atoms with van der Waals surface area (Å²) in [4.78, 5) is 26.7. The summed E-state index contributed by atoms with van der Waals surface area (Å²) in [6.07, 6.45) is 1.95. The van der Waals surface area contributed by atoms with Gasteiger partial charge in [-0.05, 0) is 35.4 Å². The van der Waals surface area contributed by atoms with Crippen molar-refractivity contribution in [2.45, 2.75) is 12.5 Å². The molecule has 0 saturated heterocycles. The second-order valence-electron chi connectivity index (χ2n) is 6.72.